The van der Waals surface area contributed by atoms with E-state index in [-0.39, 0.29) is 0 Å². The van der Waals surface area contributed by atoms with E-state index in [1.54, 1.807) is 10.7 Å². The molecule has 1 aromatic heterocycles. The Bertz CT molecular complexity index is 536. The molecule has 4 heteroatoms. The number of hydrogen-bond acceptors (Lipinski definition) is 3. The molecule has 0 aliphatic carbocycles. The van der Waals surface area contributed by atoms with Crippen molar-refractivity contribution in [3.05, 3.63) is 47.8 Å². The quantitative estimate of drug-likeness (QED) is 0.861. The molecular formula is C13H14N4. The zero-order valence-electron chi connectivity index (χ0n) is 9.50. The second-order valence-corrected chi connectivity index (χ2v) is 3.85. The molecule has 0 radical (unpaired) electrons. The number of hydrogen-bond donors (Lipinski definition) is 1. The van der Waals surface area contributed by atoms with Crippen LogP contribution in [0.2, 0.25) is 0 Å². The minimum Gasteiger partial charge on any atom is -0.330 e. The van der Waals surface area contributed by atoms with Crippen molar-refractivity contribution >= 4 is 0 Å². The first-order valence-corrected chi connectivity index (χ1v) is 5.57. The highest BCUT2D eigenvalue weighted by molar-refractivity contribution is 5.40. The molecule has 0 unspecified atom stereocenters. The lowest BCUT2D eigenvalue weighted by atomic mass is 10.2. The molecular weight excluding hydrogens is 212 g/mol. The van der Waals surface area contributed by atoms with Gasteiger partial charge in [0.05, 0.1) is 23.5 Å². The lowest BCUT2D eigenvalue weighted by molar-refractivity contribution is 0.831. The molecule has 2 N–H and O–H groups in total. The molecule has 0 fully saturated rings. The van der Waals surface area contributed by atoms with Gasteiger partial charge in [-0.1, -0.05) is 6.07 Å². The van der Waals surface area contributed by atoms with E-state index < -0.39 is 0 Å². The third-order valence-electron chi connectivity index (χ3n) is 2.55. The predicted molar refractivity (Wildman–Crippen MR) is 65.7 cm³/mol. The zero-order chi connectivity index (χ0) is 12.1. The molecule has 0 spiro atoms. The Kier molecular flexibility index (Phi) is 3.53. The Balaban J connectivity index is 2.21. The van der Waals surface area contributed by atoms with Crippen LogP contribution in [-0.2, 0) is 6.42 Å². The van der Waals surface area contributed by atoms with Gasteiger partial charge in [-0.05, 0) is 43.1 Å². The van der Waals surface area contributed by atoms with Gasteiger partial charge in [-0.15, -0.1) is 0 Å². The summed E-state index contributed by atoms with van der Waals surface area (Å²) in [5.41, 5.74) is 8.18. The second-order valence-electron chi connectivity index (χ2n) is 3.85. The summed E-state index contributed by atoms with van der Waals surface area (Å²) in [6.07, 6.45) is 5.72. The van der Waals surface area contributed by atoms with E-state index in [0.29, 0.717) is 12.1 Å². The number of nitriles is 1. The van der Waals surface area contributed by atoms with Crippen LogP contribution in [0.15, 0.2) is 36.7 Å². The van der Waals surface area contributed by atoms with Crippen molar-refractivity contribution in [2.75, 3.05) is 6.54 Å². The number of aryl methyl sites for hydroxylation is 1. The normalized spacial score (nSPS) is 10.1. The summed E-state index contributed by atoms with van der Waals surface area (Å²) in [5, 5.41) is 13.1. The molecule has 0 saturated heterocycles. The molecule has 2 aromatic rings. The van der Waals surface area contributed by atoms with Crippen LogP contribution in [-0.4, -0.2) is 16.3 Å². The smallest absolute Gasteiger partial charge is 0.0992 e. The van der Waals surface area contributed by atoms with Gasteiger partial charge < -0.3 is 5.73 Å². The van der Waals surface area contributed by atoms with Crippen molar-refractivity contribution < 1.29 is 0 Å². The van der Waals surface area contributed by atoms with Crippen LogP contribution in [0.4, 0.5) is 0 Å². The summed E-state index contributed by atoms with van der Waals surface area (Å²) in [6.45, 7) is 0.690. The van der Waals surface area contributed by atoms with Gasteiger partial charge in [0, 0.05) is 6.20 Å². The van der Waals surface area contributed by atoms with E-state index in [9.17, 15) is 0 Å². The number of nitrogens with zero attached hydrogens (tertiary/aromatic N) is 3. The van der Waals surface area contributed by atoms with Crippen molar-refractivity contribution in [1.29, 1.82) is 5.26 Å². The topological polar surface area (TPSA) is 67.6 Å². The average molecular weight is 226 g/mol. The second kappa shape index (κ2) is 5.28. The molecule has 1 aromatic carbocycles. The van der Waals surface area contributed by atoms with Gasteiger partial charge in [-0.2, -0.15) is 10.4 Å². The monoisotopic (exact) mass is 226 g/mol. The number of rotatable bonds is 4. The van der Waals surface area contributed by atoms with Gasteiger partial charge in [0.2, 0.25) is 0 Å². The molecule has 0 saturated carbocycles. The number of nitrogens with two attached hydrogens (primary N) is 1. The van der Waals surface area contributed by atoms with E-state index in [4.69, 9.17) is 11.0 Å². The van der Waals surface area contributed by atoms with Gasteiger partial charge in [0.25, 0.3) is 0 Å². The summed E-state index contributed by atoms with van der Waals surface area (Å²) < 4.78 is 1.78. The van der Waals surface area contributed by atoms with Crippen LogP contribution in [0.1, 0.15) is 17.5 Å². The summed E-state index contributed by atoms with van der Waals surface area (Å²) in [4.78, 5) is 0. The molecule has 2 rings (SSSR count). The fraction of sp³-hybridized carbons (Fsp3) is 0.231. The fourth-order valence-electron chi connectivity index (χ4n) is 1.65. The van der Waals surface area contributed by atoms with Gasteiger partial charge in [0.1, 0.15) is 0 Å². The van der Waals surface area contributed by atoms with Gasteiger partial charge in [-0.25, -0.2) is 4.68 Å². The van der Waals surface area contributed by atoms with Crippen LogP contribution in [0.25, 0.3) is 5.69 Å². The lowest BCUT2D eigenvalue weighted by Gasteiger charge is -2.00. The highest BCUT2D eigenvalue weighted by atomic mass is 15.3. The van der Waals surface area contributed by atoms with E-state index in [1.165, 1.54) is 0 Å². The standard InChI is InChI=1S/C13H14N4/c14-6-2-4-12-9-16-17(10-12)13-5-1-3-11(7-13)8-15/h1,3,5,7,9-10H,2,4,6,14H2. The minimum atomic E-state index is 0.640. The Labute approximate surface area is 100 Å². The molecule has 86 valence electrons. The Hall–Kier alpha value is -2.12. The minimum absolute atomic E-state index is 0.640. The van der Waals surface area contributed by atoms with Crippen molar-refractivity contribution in [2.45, 2.75) is 12.8 Å². The van der Waals surface area contributed by atoms with Crippen molar-refractivity contribution in [2.24, 2.45) is 5.73 Å². The third kappa shape index (κ3) is 2.71. The van der Waals surface area contributed by atoms with Gasteiger partial charge in [-0.3, -0.25) is 0 Å². The van der Waals surface area contributed by atoms with E-state index in [0.717, 1.165) is 24.1 Å². The van der Waals surface area contributed by atoms with Crippen LogP contribution >= 0.6 is 0 Å². The molecule has 1 heterocycles. The zero-order valence-corrected chi connectivity index (χ0v) is 9.50. The van der Waals surface area contributed by atoms with Crippen molar-refractivity contribution in [3.8, 4) is 11.8 Å². The summed E-state index contributed by atoms with van der Waals surface area (Å²) >= 11 is 0. The first-order valence-electron chi connectivity index (χ1n) is 5.57. The fourth-order valence-corrected chi connectivity index (χ4v) is 1.65. The van der Waals surface area contributed by atoms with Crippen LogP contribution in [0.5, 0.6) is 0 Å². The number of aromatic nitrogens is 2. The molecule has 0 bridgehead atoms. The highest BCUT2D eigenvalue weighted by Crippen LogP contribution is 2.11. The highest BCUT2D eigenvalue weighted by Gasteiger charge is 2.01. The average Bonchev–Trinajstić information content (AvgIpc) is 2.85. The lowest BCUT2D eigenvalue weighted by Crippen LogP contribution is -1.99. The Morgan fingerprint density at radius 3 is 3.06 bits per heavy atom. The maximum Gasteiger partial charge on any atom is 0.0992 e. The molecule has 0 aliphatic heterocycles. The molecule has 4 nitrogen and oxygen atoms in total. The largest absolute Gasteiger partial charge is 0.330 e. The molecule has 0 atom stereocenters. The SMILES string of the molecule is N#Cc1cccc(-n2cc(CCCN)cn2)c1. The van der Waals surface area contributed by atoms with Crippen molar-refractivity contribution in [1.82, 2.24) is 9.78 Å². The molecule has 0 amide bonds. The first-order chi connectivity index (χ1) is 8.33. The van der Waals surface area contributed by atoms with Gasteiger partial charge in [0.15, 0.2) is 0 Å². The third-order valence-corrected chi connectivity index (χ3v) is 2.55. The van der Waals surface area contributed by atoms with E-state index in [1.807, 2.05) is 30.6 Å². The van der Waals surface area contributed by atoms with Gasteiger partial charge >= 0.3 is 0 Å². The number of benzene rings is 1. The van der Waals surface area contributed by atoms with Crippen LogP contribution in [0.3, 0.4) is 0 Å². The maximum atomic E-state index is 8.84. The van der Waals surface area contributed by atoms with E-state index in [2.05, 4.69) is 11.2 Å². The Morgan fingerprint density at radius 2 is 2.29 bits per heavy atom. The molecule has 0 aliphatic rings. The summed E-state index contributed by atoms with van der Waals surface area (Å²) in [5.74, 6) is 0. The summed E-state index contributed by atoms with van der Waals surface area (Å²) in [6, 6.07) is 9.51. The summed E-state index contributed by atoms with van der Waals surface area (Å²) in [7, 11) is 0. The first kappa shape index (κ1) is 11.4. The van der Waals surface area contributed by atoms with Crippen LogP contribution < -0.4 is 5.73 Å². The molecule has 17 heavy (non-hydrogen) atoms. The Morgan fingerprint density at radius 1 is 1.41 bits per heavy atom. The van der Waals surface area contributed by atoms with E-state index >= 15 is 0 Å². The maximum absolute atomic E-state index is 8.84. The predicted octanol–water partition coefficient (Wildman–Crippen LogP) is 1.64. The van der Waals surface area contributed by atoms with Crippen LogP contribution in [0, 0.1) is 11.3 Å². The van der Waals surface area contributed by atoms with Crippen molar-refractivity contribution in [3.63, 3.8) is 0 Å².